The van der Waals surface area contributed by atoms with Crippen LogP contribution in [0, 0.1) is 13.8 Å². The van der Waals surface area contributed by atoms with Crippen molar-refractivity contribution in [1.29, 1.82) is 0 Å². The normalized spacial score (nSPS) is 18.2. The number of rotatable bonds is 4. The molecule has 1 aliphatic heterocycles. The summed E-state index contributed by atoms with van der Waals surface area (Å²) in [4.78, 5) is 11.5. The molecule has 3 aromatic heterocycles. The van der Waals surface area contributed by atoms with Crippen LogP contribution in [0.25, 0.3) is 33.3 Å². The molecule has 1 aromatic carbocycles. The van der Waals surface area contributed by atoms with Crippen LogP contribution in [0.5, 0.6) is 0 Å². The van der Waals surface area contributed by atoms with Gasteiger partial charge in [0.15, 0.2) is 0 Å². The van der Waals surface area contributed by atoms with Crippen molar-refractivity contribution in [3.63, 3.8) is 0 Å². The molecule has 0 unspecified atom stereocenters. The Hall–Kier alpha value is -3.40. The van der Waals surface area contributed by atoms with E-state index in [-0.39, 0.29) is 23.2 Å². The van der Waals surface area contributed by atoms with E-state index in [2.05, 4.69) is 44.6 Å². The molecule has 1 atom stereocenters. The van der Waals surface area contributed by atoms with Crippen LogP contribution < -0.4 is 10.6 Å². The summed E-state index contributed by atoms with van der Waals surface area (Å²) < 4.78 is 47.0. The first-order valence-electron chi connectivity index (χ1n) is 11.5. The number of H-pyrrole nitrogens is 1. The summed E-state index contributed by atoms with van der Waals surface area (Å²) in [5.74, 6) is 0.862. The third-order valence-electron chi connectivity index (χ3n) is 6.63. The Bertz CT molecular complexity index is 1360. The molecule has 0 saturated carbocycles. The molecule has 1 aliphatic rings. The van der Waals surface area contributed by atoms with E-state index in [4.69, 9.17) is 4.52 Å². The van der Waals surface area contributed by atoms with Gasteiger partial charge in [0, 0.05) is 52.5 Å². The number of hydrogen-bond acceptors (Lipinski definition) is 6. The number of benzene rings is 1. The summed E-state index contributed by atoms with van der Waals surface area (Å²) in [6.45, 7) is 8.62. The smallest absolute Gasteiger partial charge is 0.361 e. The average molecular weight is 485 g/mol. The number of hydrogen-bond donors (Lipinski definition) is 3. The van der Waals surface area contributed by atoms with Crippen molar-refractivity contribution in [3.05, 3.63) is 47.6 Å². The van der Waals surface area contributed by atoms with Gasteiger partial charge in [-0.05, 0) is 52.2 Å². The van der Waals surface area contributed by atoms with Crippen LogP contribution in [0.15, 0.2) is 35.1 Å². The molecule has 0 amide bonds. The third kappa shape index (κ3) is 4.50. The zero-order valence-corrected chi connectivity index (χ0v) is 20.0. The SMILES string of the molecule is Cc1noc(C)c1-c1ccc2c(-c3nc(N[C@H]4CCC(C)(C)NC4)ncc3C(F)(F)F)c[nH]c2c1. The van der Waals surface area contributed by atoms with Gasteiger partial charge in [-0.1, -0.05) is 17.3 Å². The van der Waals surface area contributed by atoms with E-state index in [1.165, 1.54) is 0 Å². The van der Waals surface area contributed by atoms with Gasteiger partial charge in [-0.25, -0.2) is 9.97 Å². The van der Waals surface area contributed by atoms with Crippen molar-refractivity contribution in [2.45, 2.75) is 58.3 Å². The largest absolute Gasteiger partial charge is 0.419 e. The van der Waals surface area contributed by atoms with E-state index in [1.54, 1.807) is 12.3 Å². The molecule has 1 saturated heterocycles. The van der Waals surface area contributed by atoms with E-state index < -0.39 is 11.7 Å². The molecule has 7 nitrogen and oxygen atoms in total. The minimum absolute atomic E-state index is 0.0354. The lowest BCUT2D eigenvalue weighted by atomic mass is 9.91. The van der Waals surface area contributed by atoms with Gasteiger partial charge in [0.2, 0.25) is 5.95 Å². The molecular formula is C25H27F3N6O. The monoisotopic (exact) mass is 484 g/mol. The second-order valence-corrected chi connectivity index (χ2v) is 9.76. The van der Waals surface area contributed by atoms with Gasteiger partial charge in [0.1, 0.15) is 11.3 Å². The molecule has 0 radical (unpaired) electrons. The Morgan fingerprint density at radius 3 is 2.66 bits per heavy atom. The van der Waals surface area contributed by atoms with E-state index in [9.17, 15) is 13.2 Å². The minimum atomic E-state index is -4.59. The Kier molecular flexibility index (Phi) is 5.58. The minimum Gasteiger partial charge on any atom is -0.361 e. The quantitative estimate of drug-likeness (QED) is 0.336. The maximum Gasteiger partial charge on any atom is 0.419 e. The molecule has 5 rings (SSSR count). The number of halogens is 3. The van der Waals surface area contributed by atoms with E-state index >= 15 is 0 Å². The van der Waals surface area contributed by atoms with E-state index in [0.29, 0.717) is 28.8 Å². The number of aryl methyl sites for hydroxylation is 2. The highest BCUT2D eigenvalue weighted by molar-refractivity contribution is 5.97. The zero-order chi connectivity index (χ0) is 25.0. The lowest BCUT2D eigenvalue weighted by molar-refractivity contribution is -0.137. The van der Waals surface area contributed by atoms with Crippen LogP contribution in [-0.4, -0.2) is 38.2 Å². The van der Waals surface area contributed by atoms with Crippen LogP contribution in [0.2, 0.25) is 0 Å². The van der Waals surface area contributed by atoms with Crippen LogP contribution in [0.3, 0.4) is 0 Å². The Morgan fingerprint density at radius 1 is 1.20 bits per heavy atom. The predicted molar refractivity (Wildman–Crippen MR) is 128 cm³/mol. The Labute approximate surface area is 200 Å². The molecule has 3 N–H and O–H groups in total. The maximum absolute atomic E-state index is 13.9. The van der Waals surface area contributed by atoms with Crippen molar-refractivity contribution >= 4 is 16.9 Å². The number of aromatic nitrogens is 4. The number of aromatic amines is 1. The average Bonchev–Trinajstić information content (AvgIpc) is 3.36. The summed E-state index contributed by atoms with van der Waals surface area (Å²) in [7, 11) is 0. The van der Waals surface area contributed by atoms with Crippen molar-refractivity contribution in [2.24, 2.45) is 0 Å². The number of alkyl halides is 3. The molecule has 35 heavy (non-hydrogen) atoms. The molecular weight excluding hydrogens is 457 g/mol. The van der Waals surface area contributed by atoms with E-state index in [1.807, 2.05) is 26.0 Å². The molecule has 10 heteroatoms. The summed E-state index contributed by atoms with van der Waals surface area (Å²) in [6, 6.07) is 5.57. The molecule has 4 aromatic rings. The van der Waals surface area contributed by atoms with Gasteiger partial charge < -0.3 is 20.1 Å². The molecule has 0 bridgehead atoms. The molecule has 184 valence electrons. The molecule has 1 fully saturated rings. The van der Waals surface area contributed by atoms with Crippen molar-refractivity contribution < 1.29 is 17.7 Å². The van der Waals surface area contributed by atoms with Crippen LogP contribution in [0.1, 0.15) is 43.7 Å². The van der Waals surface area contributed by atoms with Gasteiger partial charge in [0.25, 0.3) is 0 Å². The Morgan fingerprint density at radius 2 is 2.00 bits per heavy atom. The standard InChI is InChI=1S/C25H27F3N6O/c1-13-21(14(2)35-34-13)15-5-6-17-18(11-29-20(17)9-15)22-19(25(26,27)28)12-30-23(33-22)32-16-7-8-24(3,4)31-10-16/h5-6,9,11-12,16,29,31H,7-8,10H2,1-4H3,(H,30,32,33)/t16-/m0/s1. The summed E-state index contributed by atoms with van der Waals surface area (Å²) in [5, 5.41) is 11.3. The molecule has 0 aliphatic carbocycles. The van der Waals surface area contributed by atoms with Gasteiger partial charge in [-0.3, -0.25) is 0 Å². The van der Waals surface area contributed by atoms with Gasteiger partial charge >= 0.3 is 6.18 Å². The van der Waals surface area contributed by atoms with Gasteiger partial charge in [-0.2, -0.15) is 13.2 Å². The van der Waals surface area contributed by atoms with Crippen LogP contribution >= 0.6 is 0 Å². The van der Waals surface area contributed by atoms with E-state index in [0.717, 1.165) is 35.9 Å². The fraction of sp³-hybridized carbons (Fsp3) is 0.400. The van der Waals surface area contributed by atoms with Gasteiger partial charge in [0.05, 0.1) is 11.4 Å². The topological polar surface area (TPSA) is 91.7 Å². The second kappa shape index (κ2) is 8.37. The third-order valence-corrected chi connectivity index (χ3v) is 6.63. The number of anilines is 1. The predicted octanol–water partition coefficient (Wildman–Crippen LogP) is 5.86. The van der Waals surface area contributed by atoms with Crippen LogP contribution in [-0.2, 0) is 6.18 Å². The maximum atomic E-state index is 13.9. The highest BCUT2D eigenvalue weighted by Crippen LogP contribution is 2.40. The summed E-state index contributed by atoms with van der Waals surface area (Å²) >= 11 is 0. The van der Waals surface area contributed by atoms with Gasteiger partial charge in [-0.15, -0.1) is 0 Å². The summed E-state index contributed by atoms with van der Waals surface area (Å²) in [5.41, 5.74) is 2.56. The highest BCUT2D eigenvalue weighted by Gasteiger charge is 2.36. The number of piperidine rings is 1. The summed E-state index contributed by atoms with van der Waals surface area (Å²) in [6.07, 6.45) is -0.356. The first kappa shape index (κ1) is 23.3. The lowest BCUT2D eigenvalue weighted by Crippen LogP contribution is -2.50. The van der Waals surface area contributed by atoms with Crippen molar-refractivity contribution in [3.8, 4) is 22.4 Å². The molecule has 0 spiro atoms. The number of fused-ring (bicyclic) bond motifs is 1. The lowest BCUT2D eigenvalue weighted by Gasteiger charge is -2.36. The van der Waals surface area contributed by atoms with Crippen LogP contribution in [0.4, 0.5) is 19.1 Å². The first-order chi connectivity index (χ1) is 16.5. The number of nitrogens with one attached hydrogen (secondary N) is 3. The molecule has 4 heterocycles. The van der Waals surface area contributed by atoms with Crippen molar-refractivity contribution in [2.75, 3.05) is 11.9 Å². The highest BCUT2D eigenvalue weighted by atomic mass is 19.4. The fourth-order valence-electron chi connectivity index (χ4n) is 4.67. The Balaban J connectivity index is 1.53. The zero-order valence-electron chi connectivity index (χ0n) is 20.0. The second-order valence-electron chi connectivity index (χ2n) is 9.76. The number of nitrogens with zero attached hydrogens (tertiary/aromatic N) is 3. The van der Waals surface area contributed by atoms with Crippen molar-refractivity contribution in [1.82, 2.24) is 25.4 Å². The first-order valence-corrected chi connectivity index (χ1v) is 11.5. The fourth-order valence-corrected chi connectivity index (χ4v) is 4.67.